The van der Waals surface area contributed by atoms with Crippen LogP contribution in [-0.2, 0) is 19.4 Å². The van der Waals surface area contributed by atoms with Crippen molar-refractivity contribution in [2.24, 2.45) is 0 Å². The van der Waals surface area contributed by atoms with Crippen molar-refractivity contribution in [2.75, 3.05) is 12.4 Å². The Labute approximate surface area is 178 Å². The van der Waals surface area contributed by atoms with Crippen LogP contribution in [0.1, 0.15) is 24.1 Å². The fraction of sp³-hybridized carbons (Fsp3) is 0.238. The SMILES string of the molecule is CCOC(=O)C1=C(CS(=O)(=O)c2ccc(F)c(C)c2)NC(=O)NC1c1cccc(F)c1. The van der Waals surface area contributed by atoms with Crippen LogP contribution in [0.3, 0.4) is 0 Å². The highest BCUT2D eigenvalue weighted by Gasteiger charge is 2.36. The minimum atomic E-state index is -4.07. The van der Waals surface area contributed by atoms with Gasteiger partial charge in [0.25, 0.3) is 0 Å². The van der Waals surface area contributed by atoms with Crippen LogP contribution < -0.4 is 10.6 Å². The molecule has 0 saturated carbocycles. The first-order chi connectivity index (χ1) is 14.6. The molecule has 2 aromatic rings. The fourth-order valence-corrected chi connectivity index (χ4v) is 4.61. The molecule has 1 atom stereocenters. The molecule has 0 aromatic heterocycles. The maximum atomic E-state index is 13.8. The van der Waals surface area contributed by atoms with Crippen LogP contribution in [0.2, 0.25) is 0 Å². The van der Waals surface area contributed by atoms with Crippen molar-refractivity contribution >= 4 is 21.8 Å². The lowest BCUT2D eigenvalue weighted by Crippen LogP contribution is -2.47. The Hall–Kier alpha value is -3.27. The van der Waals surface area contributed by atoms with Crippen molar-refractivity contribution in [3.8, 4) is 0 Å². The standard InChI is InChI=1S/C21H20F2N2O5S/c1-3-30-20(26)18-17(11-31(28,29)15-7-8-16(23)12(2)9-15)24-21(27)25-19(18)13-5-4-6-14(22)10-13/h4-10,19H,3,11H2,1-2H3,(H2,24,25,27). The van der Waals surface area contributed by atoms with E-state index >= 15 is 0 Å². The Bertz CT molecular complexity index is 1180. The molecule has 0 radical (unpaired) electrons. The van der Waals surface area contributed by atoms with Crippen molar-refractivity contribution < 1.29 is 31.5 Å². The number of hydrogen-bond donors (Lipinski definition) is 2. The number of hydrogen-bond acceptors (Lipinski definition) is 5. The van der Waals surface area contributed by atoms with Gasteiger partial charge >= 0.3 is 12.0 Å². The molecule has 10 heteroatoms. The van der Waals surface area contributed by atoms with E-state index in [9.17, 15) is 26.8 Å². The summed E-state index contributed by atoms with van der Waals surface area (Å²) >= 11 is 0. The van der Waals surface area contributed by atoms with Crippen molar-refractivity contribution in [2.45, 2.75) is 24.8 Å². The van der Waals surface area contributed by atoms with Crippen LogP contribution >= 0.6 is 0 Å². The van der Waals surface area contributed by atoms with Gasteiger partial charge in [-0.15, -0.1) is 0 Å². The lowest BCUT2D eigenvalue weighted by molar-refractivity contribution is -0.139. The Balaban J connectivity index is 2.11. The van der Waals surface area contributed by atoms with E-state index in [1.54, 1.807) is 6.92 Å². The average Bonchev–Trinajstić information content (AvgIpc) is 2.69. The summed E-state index contributed by atoms with van der Waals surface area (Å²) in [6.07, 6.45) is 0. The van der Waals surface area contributed by atoms with Gasteiger partial charge in [0.2, 0.25) is 0 Å². The van der Waals surface area contributed by atoms with Gasteiger partial charge < -0.3 is 15.4 Å². The molecular formula is C21H20F2N2O5S. The third-order valence-electron chi connectivity index (χ3n) is 4.65. The highest BCUT2D eigenvalue weighted by molar-refractivity contribution is 7.91. The zero-order valence-electron chi connectivity index (χ0n) is 16.7. The number of rotatable bonds is 6. The lowest BCUT2D eigenvalue weighted by atomic mass is 9.95. The summed E-state index contributed by atoms with van der Waals surface area (Å²) in [5, 5.41) is 4.86. The summed E-state index contributed by atoms with van der Waals surface area (Å²) in [6, 6.07) is 6.64. The Morgan fingerprint density at radius 3 is 2.55 bits per heavy atom. The first kappa shape index (κ1) is 22.4. The summed E-state index contributed by atoms with van der Waals surface area (Å²) in [7, 11) is -4.07. The Morgan fingerprint density at radius 2 is 1.90 bits per heavy atom. The predicted octanol–water partition coefficient (Wildman–Crippen LogP) is 2.92. The molecule has 2 aromatic carbocycles. The predicted molar refractivity (Wildman–Crippen MR) is 108 cm³/mol. The normalized spacial score (nSPS) is 16.5. The van der Waals surface area contributed by atoms with Gasteiger partial charge in [-0.1, -0.05) is 12.1 Å². The maximum absolute atomic E-state index is 13.8. The van der Waals surface area contributed by atoms with E-state index in [4.69, 9.17) is 4.74 Å². The minimum Gasteiger partial charge on any atom is -0.463 e. The first-order valence-corrected chi connectivity index (χ1v) is 11.0. The molecule has 2 N–H and O–H groups in total. The molecule has 0 fully saturated rings. The number of ether oxygens (including phenoxy) is 1. The third-order valence-corrected chi connectivity index (χ3v) is 6.29. The van der Waals surface area contributed by atoms with Crippen LogP contribution in [0.25, 0.3) is 0 Å². The number of carbonyl (C=O) groups excluding carboxylic acids is 2. The highest BCUT2D eigenvalue weighted by Crippen LogP contribution is 2.30. The third kappa shape index (κ3) is 4.91. The number of aryl methyl sites for hydroxylation is 1. The van der Waals surface area contributed by atoms with Gasteiger partial charge in [-0.05, 0) is 55.3 Å². The van der Waals surface area contributed by atoms with Crippen LogP contribution in [0.4, 0.5) is 13.6 Å². The van der Waals surface area contributed by atoms with Gasteiger partial charge in [0, 0.05) is 5.70 Å². The molecule has 0 aliphatic carbocycles. The molecule has 1 aliphatic rings. The van der Waals surface area contributed by atoms with E-state index in [1.807, 2.05) is 0 Å². The molecule has 0 bridgehead atoms. The number of benzene rings is 2. The van der Waals surface area contributed by atoms with Gasteiger partial charge in [0.1, 0.15) is 11.6 Å². The first-order valence-electron chi connectivity index (χ1n) is 9.34. The molecule has 31 heavy (non-hydrogen) atoms. The van der Waals surface area contributed by atoms with E-state index in [0.29, 0.717) is 0 Å². The Kier molecular flexibility index (Phi) is 6.40. The second-order valence-electron chi connectivity index (χ2n) is 6.87. The largest absolute Gasteiger partial charge is 0.463 e. The summed E-state index contributed by atoms with van der Waals surface area (Å²) in [6.45, 7) is 3.00. The average molecular weight is 450 g/mol. The highest BCUT2D eigenvalue weighted by atomic mass is 32.2. The molecule has 1 heterocycles. The van der Waals surface area contributed by atoms with Crippen molar-refractivity contribution in [1.82, 2.24) is 10.6 Å². The zero-order chi connectivity index (χ0) is 22.8. The second kappa shape index (κ2) is 8.84. The summed E-state index contributed by atoms with van der Waals surface area (Å²) in [5.74, 6) is -2.76. The number of carbonyl (C=O) groups is 2. The van der Waals surface area contributed by atoms with Crippen molar-refractivity contribution in [3.63, 3.8) is 0 Å². The number of nitrogens with one attached hydrogen (secondary N) is 2. The van der Waals surface area contributed by atoms with Gasteiger partial charge in [-0.3, -0.25) is 0 Å². The van der Waals surface area contributed by atoms with Gasteiger partial charge in [-0.2, -0.15) is 0 Å². The zero-order valence-corrected chi connectivity index (χ0v) is 17.6. The number of esters is 1. The van der Waals surface area contributed by atoms with E-state index in [2.05, 4.69) is 10.6 Å². The van der Waals surface area contributed by atoms with Crippen LogP contribution in [0.5, 0.6) is 0 Å². The van der Waals surface area contributed by atoms with Crippen LogP contribution in [0.15, 0.2) is 58.6 Å². The summed E-state index contributed by atoms with van der Waals surface area (Å²) in [4.78, 5) is 24.8. The lowest BCUT2D eigenvalue weighted by Gasteiger charge is -2.29. The summed E-state index contributed by atoms with van der Waals surface area (Å²) in [5.41, 5.74) is 0.0194. The molecule has 1 unspecified atom stereocenters. The smallest absolute Gasteiger partial charge is 0.338 e. The minimum absolute atomic E-state index is 0.00331. The molecule has 3 rings (SSSR count). The number of urea groups is 1. The van der Waals surface area contributed by atoms with Crippen molar-refractivity contribution in [1.29, 1.82) is 0 Å². The molecule has 0 saturated heterocycles. The van der Waals surface area contributed by atoms with Crippen LogP contribution in [0, 0.1) is 18.6 Å². The van der Waals surface area contributed by atoms with E-state index in [-0.39, 0.29) is 33.9 Å². The fourth-order valence-electron chi connectivity index (χ4n) is 3.20. The van der Waals surface area contributed by atoms with Crippen LogP contribution in [-0.4, -0.2) is 32.8 Å². The number of amides is 2. The number of halogens is 2. The Morgan fingerprint density at radius 1 is 1.16 bits per heavy atom. The topological polar surface area (TPSA) is 102 Å². The molecule has 7 nitrogen and oxygen atoms in total. The molecule has 164 valence electrons. The molecular weight excluding hydrogens is 430 g/mol. The van der Waals surface area contributed by atoms with Gasteiger partial charge in [0.15, 0.2) is 9.84 Å². The monoisotopic (exact) mass is 450 g/mol. The van der Waals surface area contributed by atoms with Crippen molar-refractivity contribution in [3.05, 3.63) is 76.5 Å². The van der Waals surface area contributed by atoms with Gasteiger partial charge in [-0.25, -0.2) is 26.8 Å². The molecule has 2 amide bonds. The van der Waals surface area contributed by atoms with E-state index < -0.39 is 45.3 Å². The van der Waals surface area contributed by atoms with Gasteiger partial charge in [0.05, 0.1) is 28.9 Å². The second-order valence-corrected chi connectivity index (χ2v) is 8.86. The molecule has 0 spiro atoms. The van der Waals surface area contributed by atoms with E-state index in [0.717, 1.165) is 18.2 Å². The maximum Gasteiger partial charge on any atom is 0.338 e. The quantitative estimate of drug-likeness (QED) is 0.521. The van der Waals surface area contributed by atoms with E-state index in [1.165, 1.54) is 31.2 Å². The number of sulfone groups is 1. The summed E-state index contributed by atoms with van der Waals surface area (Å²) < 4.78 is 58.3. The molecule has 1 aliphatic heterocycles.